The van der Waals surface area contributed by atoms with Crippen LogP contribution in [0.1, 0.15) is 11.6 Å². The summed E-state index contributed by atoms with van der Waals surface area (Å²) in [5.41, 5.74) is 5.18. The summed E-state index contributed by atoms with van der Waals surface area (Å²) in [6.07, 6.45) is 0. The average Bonchev–Trinajstić information content (AvgIpc) is 2.17. The first-order valence-corrected chi connectivity index (χ1v) is 4.02. The number of aliphatic carboxylic acids is 1. The quantitative estimate of drug-likeness (QED) is 0.687. The van der Waals surface area contributed by atoms with Gasteiger partial charge in [0.1, 0.15) is 6.04 Å². The number of carboxylic acids is 1. The molecule has 1 aromatic carbocycles. The lowest BCUT2D eigenvalue weighted by Gasteiger charge is -2.12. The van der Waals surface area contributed by atoms with Gasteiger partial charge in [0, 0.05) is 5.56 Å². The molecule has 15 heavy (non-hydrogen) atoms. The van der Waals surface area contributed by atoms with Gasteiger partial charge in [-0.1, -0.05) is 0 Å². The van der Waals surface area contributed by atoms with Crippen LogP contribution in [0.2, 0.25) is 0 Å². The normalized spacial score (nSPS) is 12.2. The van der Waals surface area contributed by atoms with Crippen LogP contribution in [0.15, 0.2) is 12.1 Å². The van der Waals surface area contributed by atoms with Crippen molar-refractivity contribution in [2.75, 3.05) is 7.11 Å². The van der Waals surface area contributed by atoms with Crippen LogP contribution in [0.3, 0.4) is 0 Å². The Morgan fingerprint density at radius 2 is 2.20 bits per heavy atom. The predicted octanol–water partition coefficient (Wildman–Crippen LogP) is 0.624. The standard InChI is InChI=1S/C9H10FNO4/c1-15-8-5(10)3-2-4(7(8)12)6(11)9(13)14/h2-3,6,12H,11H2,1H3,(H,13,14). The second kappa shape index (κ2) is 4.14. The van der Waals surface area contributed by atoms with E-state index >= 15 is 0 Å². The van der Waals surface area contributed by atoms with Gasteiger partial charge in [0.15, 0.2) is 17.3 Å². The highest BCUT2D eigenvalue weighted by molar-refractivity contribution is 5.77. The van der Waals surface area contributed by atoms with E-state index in [9.17, 15) is 14.3 Å². The molecule has 0 aliphatic heterocycles. The van der Waals surface area contributed by atoms with Crippen LogP contribution < -0.4 is 10.5 Å². The Morgan fingerprint density at radius 1 is 1.60 bits per heavy atom. The number of phenols is 1. The van der Waals surface area contributed by atoms with E-state index in [1.165, 1.54) is 0 Å². The number of rotatable bonds is 3. The Morgan fingerprint density at radius 3 is 2.67 bits per heavy atom. The highest BCUT2D eigenvalue weighted by Gasteiger charge is 2.22. The van der Waals surface area contributed by atoms with Gasteiger partial charge in [-0.15, -0.1) is 0 Å². The SMILES string of the molecule is COc1c(F)ccc(C(N)C(=O)O)c1O. The van der Waals surface area contributed by atoms with Crippen molar-refractivity contribution in [2.24, 2.45) is 5.73 Å². The molecule has 0 fully saturated rings. The molecule has 82 valence electrons. The highest BCUT2D eigenvalue weighted by Crippen LogP contribution is 2.35. The first-order chi connectivity index (χ1) is 6.99. The fourth-order valence-electron chi connectivity index (χ4n) is 1.14. The monoisotopic (exact) mass is 215 g/mol. The predicted molar refractivity (Wildman–Crippen MR) is 49.2 cm³/mol. The molecule has 1 unspecified atom stereocenters. The molecule has 1 rings (SSSR count). The topological polar surface area (TPSA) is 92.8 Å². The van der Waals surface area contributed by atoms with Crippen LogP contribution >= 0.6 is 0 Å². The van der Waals surface area contributed by atoms with Crippen molar-refractivity contribution in [3.05, 3.63) is 23.5 Å². The van der Waals surface area contributed by atoms with Crippen molar-refractivity contribution in [1.82, 2.24) is 0 Å². The van der Waals surface area contributed by atoms with Crippen molar-refractivity contribution >= 4 is 5.97 Å². The van der Waals surface area contributed by atoms with E-state index < -0.39 is 29.3 Å². The van der Waals surface area contributed by atoms with Gasteiger partial charge in [0.25, 0.3) is 0 Å². The van der Waals surface area contributed by atoms with Gasteiger partial charge in [-0.05, 0) is 12.1 Å². The number of phenolic OH excluding ortho intramolecular Hbond substituents is 1. The molecule has 0 aliphatic rings. The lowest BCUT2D eigenvalue weighted by atomic mass is 10.1. The number of benzene rings is 1. The van der Waals surface area contributed by atoms with Crippen molar-refractivity contribution in [3.8, 4) is 11.5 Å². The fraction of sp³-hybridized carbons (Fsp3) is 0.222. The Labute approximate surface area is 84.9 Å². The maximum atomic E-state index is 13.0. The van der Waals surface area contributed by atoms with Crippen LogP contribution in [0.5, 0.6) is 11.5 Å². The van der Waals surface area contributed by atoms with E-state index in [1.54, 1.807) is 0 Å². The molecule has 0 aromatic heterocycles. The minimum absolute atomic E-state index is 0.0965. The summed E-state index contributed by atoms with van der Waals surface area (Å²) in [5.74, 6) is -3.10. The summed E-state index contributed by atoms with van der Waals surface area (Å²) in [5, 5.41) is 18.1. The number of methoxy groups -OCH3 is 1. The minimum Gasteiger partial charge on any atom is -0.504 e. The number of nitrogens with two attached hydrogens (primary N) is 1. The third kappa shape index (κ3) is 1.99. The fourth-order valence-corrected chi connectivity index (χ4v) is 1.14. The van der Waals surface area contributed by atoms with Crippen molar-refractivity contribution in [1.29, 1.82) is 0 Å². The van der Waals surface area contributed by atoms with Crippen molar-refractivity contribution in [2.45, 2.75) is 6.04 Å². The molecule has 0 bridgehead atoms. The van der Waals surface area contributed by atoms with Gasteiger partial charge in [-0.2, -0.15) is 0 Å². The number of ether oxygens (including phenoxy) is 1. The molecule has 0 amide bonds. The van der Waals surface area contributed by atoms with Gasteiger partial charge < -0.3 is 20.7 Å². The minimum atomic E-state index is -1.42. The van der Waals surface area contributed by atoms with Crippen LogP contribution in [0.4, 0.5) is 4.39 Å². The first-order valence-electron chi connectivity index (χ1n) is 4.02. The Kier molecular flexibility index (Phi) is 3.11. The van der Waals surface area contributed by atoms with E-state index in [0.29, 0.717) is 0 Å². The smallest absolute Gasteiger partial charge is 0.325 e. The van der Waals surface area contributed by atoms with Crippen LogP contribution in [0.25, 0.3) is 0 Å². The first kappa shape index (κ1) is 11.3. The number of carbonyl (C=O) groups is 1. The molecule has 6 heteroatoms. The number of hydrogen-bond acceptors (Lipinski definition) is 4. The molecular formula is C9H10FNO4. The number of hydrogen-bond donors (Lipinski definition) is 3. The Bertz CT molecular complexity index is 394. The number of carboxylic acid groups (broad SMARTS) is 1. The molecule has 5 nitrogen and oxygen atoms in total. The molecule has 1 atom stereocenters. The van der Waals surface area contributed by atoms with Crippen molar-refractivity contribution in [3.63, 3.8) is 0 Å². The second-order valence-electron chi connectivity index (χ2n) is 2.83. The van der Waals surface area contributed by atoms with Gasteiger partial charge in [0.05, 0.1) is 7.11 Å². The summed E-state index contributed by atoms with van der Waals surface area (Å²) in [6, 6.07) is 0.669. The molecule has 0 heterocycles. The van der Waals surface area contributed by atoms with E-state index in [4.69, 9.17) is 10.8 Å². The van der Waals surface area contributed by atoms with E-state index in [1.807, 2.05) is 0 Å². The Balaban J connectivity index is 3.27. The number of halogens is 1. The summed E-state index contributed by atoms with van der Waals surface area (Å²) >= 11 is 0. The van der Waals surface area contributed by atoms with Gasteiger partial charge in [0.2, 0.25) is 0 Å². The van der Waals surface area contributed by atoms with E-state index in [-0.39, 0.29) is 5.56 Å². The highest BCUT2D eigenvalue weighted by atomic mass is 19.1. The van der Waals surface area contributed by atoms with Gasteiger partial charge in [-0.25, -0.2) is 4.39 Å². The van der Waals surface area contributed by atoms with Crippen molar-refractivity contribution < 1.29 is 24.1 Å². The average molecular weight is 215 g/mol. The molecule has 1 aromatic rings. The third-order valence-electron chi connectivity index (χ3n) is 1.92. The van der Waals surface area contributed by atoms with E-state index in [0.717, 1.165) is 19.2 Å². The zero-order valence-electron chi connectivity index (χ0n) is 7.90. The number of aromatic hydroxyl groups is 1. The lowest BCUT2D eigenvalue weighted by Crippen LogP contribution is -2.20. The zero-order valence-corrected chi connectivity index (χ0v) is 7.90. The van der Waals surface area contributed by atoms with Crippen LogP contribution in [-0.4, -0.2) is 23.3 Å². The lowest BCUT2D eigenvalue weighted by molar-refractivity contribution is -0.138. The van der Waals surface area contributed by atoms with Crippen LogP contribution in [0, 0.1) is 5.82 Å². The summed E-state index contributed by atoms with van der Waals surface area (Å²) in [7, 11) is 1.16. The summed E-state index contributed by atoms with van der Waals surface area (Å²) < 4.78 is 17.6. The molecule has 0 radical (unpaired) electrons. The summed E-state index contributed by atoms with van der Waals surface area (Å²) in [6.45, 7) is 0. The molecular weight excluding hydrogens is 205 g/mol. The molecule has 0 aliphatic carbocycles. The Hall–Kier alpha value is -1.82. The van der Waals surface area contributed by atoms with Gasteiger partial charge in [-0.3, -0.25) is 4.79 Å². The molecule has 4 N–H and O–H groups in total. The zero-order chi connectivity index (χ0) is 11.6. The molecule has 0 saturated heterocycles. The molecule has 0 spiro atoms. The van der Waals surface area contributed by atoms with Gasteiger partial charge >= 0.3 is 5.97 Å². The second-order valence-corrected chi connectivity index (χ2v) is 2.83. The summed E-state index contributed by atoms with van der Waals surface area (Å²) in [4.78, 5) is 10.6. The maximum absolute atomic E-state index is 13.0. The maximum Gasteiger partial charge on any atom is 0.325 e. The molecule has 0 saturated carbocycles. The van der Waals surface area contributed by atoms with Crippen LogP contribution in [-0.2, 0) is 4.79 Å². The largest absolute Gasteiger partial charge is 0.504 e. The van der Waals surface area contributed by atoms with E-state index in [2.05, 4.69) is 4.74 Å². The third-order valence-corrected chi connectivity index (χ3v) is 1.92.